The highest BCUT2D eigenvalue weighted by Crippen LogP contribution is 2.67. The lowest BCUT2D eigenvalue weighted by Crippen LogP contribution is -2.65. The van der Waals surface area contributed by atoms with E-state index in [9.17, 15) is 0 Å². The van der Waals surface area contributed by atoms with Gasteiger partial charge >= 0.3 is 0 Å². The van der Waals surface area contributed by atoms with Gasteiger partial charge < -0.3 is 4.90 Å². The van der Waals surface area contributed by atoms with Gasteiger partial charge in [-0.05, 0) is 67.7 Å². The van der Waals surface area contributed by atoms with E-state index in [2.05, 4.69) is 46.6 Å². The molecule has 1 nitrogen and oxygen atoms in total. The van der Waals surface area contributed by atoms with Crippen LogP contribution in [0.2, 0.25) is 0 Å². The first-order valence-electron chi connectivity index (χ1n) is 8.25. The fraction of sp³-hybridized carbons (Fsp3) is 1.00. The molecular formula is C18H33N. The van der Waals surface area contributed by atoms with Crippen molar-refractivity contribution in [3.63, 3.8) is 0 Å². The lowest BCUT2D eigenvalue weighted by molar-refractivity contribution is -0.160. The molecule has 0 heterocycles. The van der Waals surface area contributed by atoms with E-state index in [-0.39, 0.29) is 0 Å². The summed E-state index contributed by atoms with van der Waals surface area (Å²) in [7, 11) is 2.41. The van der Waals surface area contributed by atoms with Crippen LogP contribution in [0, 0.1) is 22.2 Å². The third-order valence-corrected chi connectivity index (χ3v) is 6.12. The quantitative estimate of drug-likeness (QED) is 0.697. The monoisotopic (exact) mass is 263 g/mol. The summed E-state index contributed by atoms with van der Waals surface area (Å²) in [5.74, 6) is 1.01. The van der Waals surface area contributed by atoms with Gasteiger partial charge in [0.05, 0.1) is 0 Å². The molecule has 4 fully saturated rings. The van der Waals surface area contributed by atoms with Gasteiger partial charge in [0.15, 0.2) is 0 Å². The second-order valence-corrected chi connectivity index (χ2v) is 10.3. The number of hydrogen-bond donors (Lipinski definition) is 0. The summed E-state index contributed by atoms with van der Waals surface area (Å²) in [6.45, 7) is 13.5. The Balaban J connectivity index is 1.88. The average molecular weight is 263 g/mol. The van der Waals surface area contributed by atoms with Crippen LogP contribution in [-0.4, -0.2) is 24.0 Å². The predicted molar refractivity (Wildman–Crippen MR) is 82.2 cm³/mol. The first-order valence-corrected chi connectivity index (χ1v) is 8.25. The van der Waals surface area contributed by atoms with Crippen molar-refractivity contribution in [2.24, 2.45) is 22.2 Å². The Morgan fingerprint density at radius 1 is 0.947 bits per heavy atom. The molecule has 0 aliphatic heterocycles. The van der Waals surface area contributed by atoms with Crippen LogP contribution in [0.1, 0.15) is 73.1 Å². The summed E-state index contributed by atoms with van der Waals surface area (Å²) >= 11 is 0. The van der Waals surface area contributed by atoms with E-state index in [4.69, 9.17) is 0 Å². The topological polar surface area (TPSA) is 3.24 Å². The second-order valence-electron chi connectivity index (χ2n) is 10.3. The Hall–Kier alpha value is -0.0400. The Bertz CT molecular complexity index is 360. The molecule has 0 amide bonds. The molecule has 4 rings (SSSR count). The van der Waals surface area contributed by atoms with E-state index in [1.807, 2.05) is 0 Å². The first-order chi connectivity index (χ1) is 8.53. The smallest absolute Gasteiger partial charge is 0.0219 e. The molecular weight excluding hydrogens is 230 g/mol. The van der Waals surface area contributed by atoms with E-state index in [1.54, 1.807) is 0 Å². The SMILES string of the molecule is CN(CC(C)(C)C)C12CC3CC(C)(CC(C)(C3)C1)C2. The van der Waals surface area contributed by atoms with Gasteiger partial charge in [0, 0.05) is 12.1 Å². The molecule has 0 aromatic heterocycles. The Morgan fingerprint density at radius 3 is 1.89 bits per heavy atom. The van der Waals surface area contributed by atoms with Crippen molar-refractivity contribution in [3.8, 4) is 0 Å². The molecule has 0 radical (unpaired) electrons. The maximum absolute atomic E-state index is 2.76. The van der Waals surface area contributed by atoms with Gasteiger partial charge in [-0.3, -0.25) is 0 Å². The largest absolute Gasteiger partial charge is 0.300 e. The number of hydrogen-bond acceptors (Lipinski definition) is 1. The molecule has 19 heavy (non-hydrogen) atoms. The minimum atomic E-state index is 0.417. The van der Waals surface area contributed by atoms with E-state index < -0.39 is 0 Å². The van der Waals surface area contributed by atoms with Crippen molar-refractivity contribution >= 4 is 0 Å². The van der Waals surface area contributed by atoms with Crippen LogP contribution in [0.4, 0.5) is 0 Å². The van der Waals surface area contributed by atoms with E-state index in [0.29, 0.717) is 21.8 Å². The highest BCUT2D eigenvalue weighted by molar-refractivity contribution is 5.14. The van der Waals surface area contributed by atoms with Crippen molar-refractivity contribution in [1.29, 1.82) is 0 Å². The highest BCUT2D eigenvalue weighted by atomic mass is 15.2. The first kappa shape index (κ1) is 13.9. The fourth-order valence-electron chi connectivity index (χ4n) is 6.69. The molecule has 4 aliphatic rings. The van der Waals surface area contributed by atoms with E-state index in [0.717, 1.165) is 5.92 Å². The van der Waals surface area contributed by atoms with Gasteiger partial charge in [-0.15, -0.1) is 0 Å². The maximum Gasteiger partial charge on any atom is 0.0219 e. The normalized spacial score (nSPS) is 49.1. The molecule has 2 atom stereocenters. The van der Waals surface area contributed by atoms with Gasteiger partial charge in [0.2, 0.25) is 0 Å². The van der Waals surface area contributed by atoms with E-state index >= 15 is 0 Å². The molecule has 1 heteroatoms. The molecule has 0 spiro atoms. The molecule has 0 saturated heterocycles. The molecule has 0 aromatic rings. The Kier molecular flexibility index (Phi) is 2.77. The molecule has 0 aromatic carbocycles. The zero-order valence-corrected chi connectivity index (χ0v) is 14.0. The van der Waals surface area contributed by atoms with Crippen LogP contribution in [0.25, 0.3) is 0 Å². The summed E-state index contributed by atoms with van der Waals surface area (Å²) in [6, 6.07) is 0. The van der Waals surface area contributed by atoms with Gasteiger partial charge in [0.25, 0.3) is 0 Å². The molecule has 4 saturated carbocycles. The number of nitrogens with zero attached hydrogens (tertiary/aromatic N) is 1. The zero-order valence-electron chi connectivity index (χ0n) is 14.0. The molecule has 110 valence electrons. The lowest BCUT2D eigenvalue weighted by Gasteiger charge is -2.68. The van der Waals surface area contributed by atoms with Crippen LogP contribution in [0.3, 0.4) is 0 Å². The average Bonchev–Trinajstić information content (AvgIpc) is 2.07. The summed E-state index contributed by atoms with van der Waals surface area (Å²) in [5.41, 5.74) is 2.22. The molecule has 4 bridgehead atoms. The predicted octanol–water partition coefficient (Wildman–Crippen LogP) is 4.71. The molecule has 0 N–H and O–H groups in total. The summed E-state index contributed by atoms with van der Waals surface area (Å²) in [6.07, 6.45) is 8.89. The highest BCUT2D eigenvalue weighted by Gasteiger charge is 2.61. The van der Waals surface area contributed by atoms with Crippen molar-refractivity contribution in [1.82, 2.24) is 4.90 Å². The second kappa shape index (κ2) is 3.78. The van der Waals surface area contributed by atoms with Crippen LogP contribution in [0.15, 0.2) is 0 Å². The van der Waals surface area contributed by atoms with Crippen LogP contribution in [0.5, 0.6) is 0 Å². The van der Waals surface area contributed by atoms with Crippen molar-refractivity contribution in [3.05, 3.63) is 0 Å². The standard InChI is InChI=1S/C18H33N/c1-15(2,3)13-19(6)18-9-14-7-16(4,11-18)10-17(5,8-14)12-18/h14H,7-13H2,1-6H3. The Labute approximate surface area is 120 Å². The Morgan fingerprint density at radius 2 is 1.47 bits per heavy atom. The fourth-order valence-corrected chi connectivity index (χ4v) is 6.69. The van der Waals surface area contributed by atoms with Gasteiger partial charge in [0.1, 0.15) is 0 Å². The van der Waals surface area contributed by atoms with Crippen molar-refractivity contribution in [2.75, 3.05) is 13.6 Å². The lowest BCUT2D eigenvalue weighted by atomic mass is 9.42. The third-order valence-electron chi connectivity index (χ3n) is 6.12. The summed E-state index contributed by atoms with van der Waals surface area (Å²) < 4.78 is 0. The van der Waals surface area contributed by atoms with Crippen LogP contribution in [-0.2, 0) is 0 Å². The van der Waals surface area contributed by atoms with Crippen molar-refractivity contribution in [2.45, 2.75) is 78.7 Å². The number of rotatable bonds is 2. The maximum atomic E-state index is 2.76. The van der Waals surface area contributed by atoms with Gasteiger partial charge in [-0.2, -0.15) is 0 Å². The van der Waals surface area contributed by atoms with Crippen LogP contribution < -0.4 is 0 Å². The minimum absolute atomic E-state index is 0.417. The van der Waals surface area contributed by atoms with E-state index in [1.165, 1.54) is 45.1 Å². The molecule has 2 unspecified atom stereocenters. The summed E-state index contributed by atoms with van der Waals surface area (Å²) in [5, 5.41) is 0. The van der Waals surface area contributed by atoms with Crippen molar-refractivity contribution < 1.29 is 0 Å². The zero-order chi connectivity index (χ0) is 14.1. The van der Waals surface area contributed by atoms with Gasteiger partial charge in [-0.25, -0.2) is 0 Å². The molecule has 4 aliphatic carbocycles. The van der Waals surface area contributed by atoms with Crippen LogP contribution >= 0.6 is 0 Å². The third kappa shape index (κ3) is 2.37. The summed E-state index contributed by atoms with van der Waals surface area (Å²) in [4.78, 5) is 2.76. The van der Waals surface area contributed by atoms with Gasteiger partial charge in [-0.1, -0.05) is 34.6 Å². The minimum Gasteiger partial charge on any atom is -0.300 e.